The monoisotopic (exact) mass is 192 g/mol. The molecule has 78 valence electrons. The van der Waals surface area contributed by atoms with Gasteiger partial charge in [-0.2, -0.15) is 0 Å². The quantitative estimate of drug-likeness (QED) is 0.715. The molecule has 1 unspecified atom stereocenters. The molecule has 0 aromatic carbocycles. The van der Waals surface area contributed by atoms with E-state index in [1.807, 2.05) is 12.4 Å². The topological polar surface area (TPSA) is 25.8 Å². The fourth-order valence-electron chi connectivity index (χ4n) is 1.60. The Bertz CT molecular complexity index is 254. The van der Waals surface area contributed by atoms with Crippen LogP contribution < -0.4 is 0 Å². The van der Waals surface area contributed by atoms with Crippen LogP contribution in [-0.2, 0) is 6.42 Å². The van der Waals surface area contributed by atoms with E-state index in [1.165, 1.54) is 18.4 Å². The van der Waals surface area contributed by atoms with Crippen LogP contribution in [-0.4, -0.2) is 9.97 Å². The summed E-state index contributed by atoms with van der Waals surface area (Å²) < 4.78 is 0. The molecular weight excluding hydrogens is 172 g/mol. The Kier molecular flexibility index (Phi) is 4.57. The van der Waals surface area contributed by atoms with Gasteiger partial charge in [0.2, 0.25) is 0 Å². The van der Waals surface area contributed by atoms with Crippen LogP contribution in [0.15, 0.2) is 12.4 Å². The van der Waals surface area contributed by atoms with Crippen molar-refractivity contribution in [3.8, 4) is 0 Å². The van der Waals surface area contributed by atoms with Crippen LogP contribution in [0.25, 0.3) is 0 Å². The first-order valence-corrected chi connectivity index (χ1v) is 5.58. The molecule has 0 saturated carbocycles. The average molecular weight is 192 g/mol. The number of nitrogens with zero attached hydrogens (tertiary/aromatic N) is 2. The first-order chi connectivity index (χ1) is 6.77. The lowest BCUT2D eigenvalue weighted by Gasteiger charge is -2.08. The molecule has 0 amide bonds. The van der Waals surface area contributed by atoms with Crippen LogP contribution in [0.5, 0.6) is 0 Å². The van der Waals surface area contributed by atoms with Crippen LogP contribution >= 0.6 is 0 Å². The summed E-state index contributed by atoms with van der Waals surface area (Å²) in [5, 5.41) is 0. The molecule has 1 heterocycles. The molecule has 2 nitrogen and oxygen atoms in total. The van der Waals surface area contributed by atoms with Gasteiger partial charge in [0.15, 0.2) is 0 Å². The van der Waals surface area contributed by atoms with E-state index in [-0.39, 0.29) is 0 Å². The van der Waals surface area contributed by atoms with Gasteiger partial charge in [0.05, 0.1) is 0 Å². The molecule has 1 atom stereocenters. The van der Waals surface area contributed by atoms with Gasteiger partial charge < -0.3 is 0 Å². The summed E-state index contributed by atoms with van der Waals surface area (Å²) in [6, 6.07) is 0. The molecule has 1 rings (SSSR count). The summed E-state index contributed by atoms with van der Waals surface area (Å²) in [5.74, 6) is 1.49. The van der Waals surface area contributed by atoms with E-state index in [0.717, 1.165) is 18.7 Å². The predicted molar refractivity (Wildman–Crippen MR) is 59.4 cm³/mol. The van der Waals surface area contributed by atoms with Crippen molar-refractivity contribution in [1.29, 1.82) is 0 Å². The Morgan fingerprint density at radius 2 is 1.79 bits per heavy atom. The minimum Gasteiger partial charge on any atom is -0.241 e. The normalized spacial score (nSPS) is 12.8. The van der Waals surface area contributed by atoms with E-state index >= 15 is 0 Å². The van der Waals surface area contributed by atoms with Gasteiger partial charge in [-0.1, -0.05) is 33.6 Å². The first kappa shape index (κ1) is 11.2. The average Bonchev–Trinajstić information content (AvgIpc) is 2.20. The fourth-order valence-corrected chi connectivity index (χ4v) is 1.60. The van der Waals surface area contributed by atoms with Crippen molar-refractivity contribution < 1.29 is 0 Å². The number of rotatable bonds is 5. The molecule has 0 fully saturated rings. The second-order valence-corrected chi connectivity index (χ2v) is 3.89. The highest BCUT2D eigenvalue weighted by Crippen LogP contribution is 2.16. The van der Waals surface area contributed by atoms with Crippen LogP contribution in [0.1, 0.15) is 57.3 Å². The minimum atomic E-state index is 0.496. The Morgan fingerprint density at radius 1 is 1.14 bits per heavy atom. The number of aromatic nitrogens is 2. The standard InChI is InChI=1S/C12H20N2/c1-4-6-10(3)12-13-8-11(7-5-2)9-14-12/h8-10H,4-7H2,1-3H3. The van der Waals surface area contributed by atoms with Gasteiger partial charge in [0.1, 0.15) is 5.82 Å². The lowest BCUT2D eigenvalue weighted by molar-refractivity contribution is 0.624. The van der Waals surface area contributed by atoms with Crippen LogP contribution in [0.4, 0.5) is 0 Å². The summed E-state index contributed by atoms with van der Waals surface area (Å²) >= 11 is 0. The highest BCUT2D eigenvalue weighted by Gasteiger charge is 2.06. The lowest BCUT2D eigenvalue weighted by atomic mass is 10.1. The zero-order valence-electron chi connectivity index (χ0n) is 9.45. The van der Waals surface area contributed by atoms with Crippen molar-refractivity contribution in [2.75, 3.05) is 0 Å². The van der Waals surface area contributed by atoms with Gasteiger partial charge in [0.25, 0.3) is 0 Å². The van der Waals surface area contributed by atoms with Crippen molar-refractivity contribution in [3.63, 3.8) is 0 Å². The van der Waals surface area contributed by atoms with Gasteiger partial charge in [-0.25, -0.2) is 9.97 Å². The molecule has 2 heteroatoms. The van der Waals surface area contributed by atoms with Gasteiger partial charge in [-0.05, 0) is 18.4 Å². The maximum Gasteiger partial charge on any atom is 0.131 e. The molecule has 0 aliphatic carbocycles. The van der Waals surface area contributed by atoms with Crippen LogP contribution in [0, 0.1) is 0 Å². The smallest absolute Gasteiger partial charge is 0.131 e. The zero-order valence-corrected chi connectivity index (χ0v) is 9.45. The summed E-state index contributed by atoms with van der Waals surface area (Å²) in [4.78, 5) is 8.81. The Balaban J connectivity index is 2.62. The van der Waals surface area contributed by atoms with Crippen LogP contribution in [0.3, 0.4) is 0 Å². The third kappa shape index (κ3) is 3.09. The van der Waals surface area contributed by atoms with E-state index in [4.69, 9.17) is 0 Å². The number of hydrogen-bond acceptors (Lipinski definition) is 2. The summed E-state index contributed by atoms with van der Waals surface area (Å²) in [6.45, 7) is 6.56. The Labute approximate surface area is 86.8 Å². The zero-order chi connectivity index (χ0) is 10.4. The van der Waals surface area contributed by atoms with Gasteiger partial charge in [0, 0.05) is 18.3 Å². The summed E-state index contributed by atoms with van der Waals surface area (Å²) in [7, 11) is 0. The van der Waals surface area contributed by atoms with Gasteiger partial charge in [-0.3, -0.25) is 0 Å². The van der Waals surface area contributed by atoms with Crippen molar-refractivity contribution in [2.45, 2.75) is 52.4 Å². The van der Waals surface area contributed by atoms with Crippen molar-refractivity contribution in [1.82, 2.24) is 9.97 Å². The van der Waals surface area contributed by atoms with Crippen molar-refractivity contribution >= 4 is 0 Å². The van der Waals surface area contributed by atoms with Crippen molar-refractivity contribution in [3.05, 3.63) is 23.8 Å². The molecule has 1 aromatic rings. The molecule has 0 bridgehead atoms. The molecule has 1 aromatic heterocycles. The minimum absolute atomic E-state index is 0.496. The third-order valence-corrected chi connectivity index (χ3v) is 2.43. The van der Waals surface area contributed by atoms with Gasteiger partial charge in [-0.15, -0.1) is 0 Å². The maximum absolute atomic E-state index is 4.40. The second kappa shape index (κ2) is 5.74. The van der Waals surface area contributed by atoms with E-state index < -0.39 is 0 Å². The van der Waals surface area contributed by atoms with E-state index in [1.54, 1.807) is 0 Å². The molecular formula is C12H20N2. The van der Waals surface area contributed by atoms with Gasteiger partial charge >= 0.3 is 0 Å². The largest absolute Gasteiger partial charge is 0.241 e. The third-order valence-electron chi connectivity index (χ3n) is 2.43. The summed E-state index contributed by atoms with van der Waals surface area (Å²) in [6.07, 6.45) is 8.56. The SMILES string of the molecule is CCCc1cnc(C(C)CCC)nc1. The molecule has 14 heavy (non-hydrogen) atoms. The molecule has 0 aliphatic heterocycles. The molecule has 0 radical (unpaired) electrons. The number of aryl methyl sites for hydroxylation is 1. The first-order valence-electron chi connectivity index (χ1n) is 5.58. The predicted octanol–water partition coefficient (Wildman–Crippen LogP) is 3.33. The highest BCUT2D eigenvalue weighted by molar-refractivity contribution is 5.07. The number of hydrogen-bond donors (Lipinski definition) is 0. The van der Waals surface area contributed by atoms with E-state index in [2.05, 4.69) is 30.7 Å². The Morgan fingerprint density at radius 3 is 2.29 bits per heavy atom. The molecule has 0 N–H and O–H groups in total. The Hall–Kier alpha value is -0.920. The van der Waals surface area contributed by atoms with Crippen molar-refractivity contribution in [2.24, 2.45) is 0 Å². The molecule has 0 aliphatic rings. The fraction of sp³-hybridized carbons (Fsp3) is 0.667. The molecule has 0 spiro atoms. The molecule has 0 saturated heterocycles. The lowest BCUT2D eigenvalue weighted by Crippen LogP contribution is -2.01. The maximum atomic E-state index is 4.40. The van der Waals surface area contributed by atoms with E-state index in [0.29, 0.717) is 5.92 Å². The second-order valence-electron chi connectivity index (χ2n) is 3.89. The van der Waals surface area contributed by atoms with E-state index in [9.17, 15) is 0 Å². The van der Waals surface area contributed by atoms with Crippen LogP contribution in [0.2, 0.25) is 0 Å². The highest BCUT2D eigenvalue weighted by atomic mass is 14.9. The summed E-state index contributed by atoms with van der Waals surface area (Å²) in [5.41, 5.74) is 1.25.